The molecule has 38 heavy (non-hydrogen) atoms. The summed E-state index contributed by atoms with van der Waals surface area (Å²) in [6, 6.07) is 0. The molecule has 10 heteroatoms. The van der Waals surface area contributed by atoms with Crippen molar-refractivity contribution in [2.24, 2.45) is 23.2 Å². The monoisotopic (exact) mass is 548 g/mol. The van der Waals surface area contributed by atoms with Crippen molar-refractivity contribution in [3.05, 3.63) is 12.7 Å². The van der Waals surface area contributed by atoms with Crippen LogP contribution in [0.4, 0.5) is 0 Å². The minimum Gasteiger partial charge on any atom is -0.396 e. The largest absolute Gasteiger partial charge is 0.396 e. The normalized spacial score (nSPS) is 35.1. The van der Waals surface area contributed by atoms with Gasteiger partial charge in [-0.1, -0.05) is 40.7 Å². The molecule has 2 aliphatic rings. The van der Waals surface area contributed by atoms with Crippen LogP contribution in [0.3, 0.4) is 0 Å². The van der Waals surface area contributed by atoms with Crippen molar-refractivity contribution in [2.45, 2.75) is 102 Å². The summed E-state index contributed by atoms with van der Waals surface area (Å²) in [7, 11) is 3.14. The lowest BCUT2D eigenvalue weighted by molar-refractivity contribution is -0.336. The molecule has 11 atom stereocenters. The minimum absolute atomic E-state index is 0.0165. The molecule has 0 aliphatic carbocycles. The van der Waals surface area contributed by atoms with Crippen LogP contribution >= 0.6 is 0 Å². The van der Waals surface area contributed by atoms with Gasteiger partial charge >= 0.3 is 0 Å². The number of ether oxygens (including phenoxy) is 6. The van der Waals surface area contributed by atoms with Gasteiger partial charge < -0.3 is 48.8 Å². The van der Waals surface area contributed by atoms with E-state index in [9.17, 15) is 20.4 Å². The van der Waals surface area contributed by atoms with Crippen LogP contribution < -0.4 is 0 Å². The van der Waals surface area contributed by atoms with Crippen LogP contribution in [0.2, 0.25) is 0 Å². The first-order valence-corrected chi connectivity index (χ1v) is 13.7. The average Bonchev–Trinajstić information content (AvgIpc) is 3.09. The lowest BCUT2D eigenvalue weighted by Gasteiger charge is -2.50. The van der Waals surface area contributed by atoms with E-state index in [-0.39, 0.29) is 38.1 Å². The number of aliphatic hydroxyl groups excluding tert-OH is 4. The maximum absolute atomic E-state index is 11.1. The summed E-state index contributed by atoms with van der Waals surface area (Å²) in [6.07, 6.45) is -2.23. The highest BCUT2D eigenvalue weighted by molar-refractivity contribution is 5.09. The van der Waals surface area contributed by atoms with Crippen LogP contribution in [-0.2, 0) is 28.4 Å². The lowest BCUT2D eigenvalue weighted by atomic mass is 9.72. The molecule has 0 aromatic rings. The van der Waals surface area contributed by atoms with Crippen molar-refractivity contribution in [1.82, 2.24) is 0 Å². The van der Waals surface area contributed by atoms with Crippen molar-refractivity contribution >= 4 is 0 Å². The minimum atomic E-state index is -1.22. The summed E-state index contributed by atoms with van der Waals surface area (Å²) in [5.74, 6) is -2.03. The van der Waals surface area contributed by atoms with Gasteiger partial charge in [-0.2, -0.15) is 0 Å². The first-order valence-electron chi connectivity index (χ1n) is 13.7. The molecule has 2 fully saturated rings. The van der Waals surface area contributed by atoms with Crippen molar-refractivity contribution in [2.75, 3.05) is 40.8 Å². The first-order chi connectivity index (χ1) is 17.9. The summed E-state index contributed by atoms with van der Waals surface area (Å²) in [5.41, 5.74) is -0.763. The van der Waals surface area contributed by atoms with Gasteiger partial charge in [0.05, 0.1) is 49.8 Å². The third-order valence-corrected chi connectivity index (χ3v) is 8.71. The van der Waals surface area contributed by atoms with E-state index in [1.54, 1.807) is 27.2 Å². The smallest absolute Gasteiger partial charge is 0.179 e. The van der Waals surface area contributed by atoms with Crippen LogP contribution in [-0.4, -0.2) is 110 Å². The van der Waals surface area contributed by atoms with E-state index in [0.29, 0.717) is 19.6 Å². The van der Waals surface area contributed by atoms with Crippen LogP contribution in [0.25, 0.3) is 0 Å². The molecule has 0 unspecified atom stereocenters. The van der Waals surface area contributed by atoms with Gasteiger partial charge in [-0.25, -0.2) is 0 Å². The fourth-order valence-corrected chi connectivity index (χ4v) is 5.67. The SMILES string of the molecule is C=C[C@@H](C)[C@@H](O)[C@@H](C)[C@@H](O)C[C@H](OC)[C@H]1O[C@]2(C[C@@H](O)[C@H](C)[C@H](CCO)O2)C(C)(C)[C@H]1OCOCCOC. The molecule has 10 nitrogen and oxygen atoms in total. The molecule has 1 spiro atoms. The molecule has 0 bridgehead atoms. The molecule has 0 radical (unpaired) electrons. The zero-order valence-corrected chi connectivity index (χ0v) is 24.2. The zero-order chi connectivity index (χ0) is 28.7. The number of hydrogen-bond acceptors (Lipinski definition) is 10. The summed E-state index contributed by atoms with van der Waals surface area (Å²) in [4.78, 5) is 0. The predicted molar refractivity (Wildman–Crippen MR) is 141 cm³/mol. The second-order valence-corrected chi connectivity index (χ2v) is 11.5. The quantitative estimate of drug-likeness (QED) is 0.129. The Morgan fingerprint density at radius 2 is 1.82 bits per heavy atom. The Hall–Kier alpha value is -0.660. The Labute approximate surface area is 228 Å². The molecule has 2 saturated heterocycles. The highest BCUT2D eigenvalue weighted by atomic mass is 16.7. The maximum atomic E-state index is 11.1. The van der Waals surface area contributed by atoms with Crippen LogP contribution in [0.5, 0.6) is 0 Å². The Bertz CT molecular complexity index is 705. The van der Waals surface area contributed by atoms with Gasteiger partial charge in [-0.3, -0.25) is 0 Å². The molecule has 0 saturated carbocycles. The molecule has 0 aromatic carbocycles. The van der Waals surface area contributed by atoms with E-state index in [4.69, 9.17) is 28.4 Å². The fraction of sp³-hybridized carbons (Fsp3) is 0.929. The highest BCUT2D eigenvalue weighted by Crippen LogP contribution is 2.55. The third kappa shape index (κ3) is 7.34. The molecule has 4 N–H and O–H groups in total. The Morgan fingerprint density at radius 3 is 2.39 bits per heavy atom. The van der Waals surface area contributed by atoms with Crippen molar-refractivity contribution in [3.63, 3.8) is 0 Å². The van der Waals surface area contributed by atoms with Crippen LogP contribution in [0.15, 0.2) is 12.7 Å². The van der Waals surface area contributed by atoms with E-state index in [1.165, 1.54) is 0 Å². The molecule has 0 aromatic heterocycles. The summed E-state index contributed by atoms with van der Waals surface area (Å²) < 4.78 is 36.0. The van der Waals surface area contributed by atoms with Crippen LogP contribution in [0, 0.1) is 23.2 Å². The third-order valence-electron chi connectivity index (χ3n) is 8.71. The zero-order valence-electron chi connectivity index (χ0n) is 24.2. The Morgan fingerprint density at radius 1 is 1.13 bits per heavy atom. The average molecular weight is 549 g/mol. The first kappa shape index (κ1) is 33.5. The van der Waals surface area contributed by atoms with E-state index in [1.807, 2.05) is 27.7 Å². The van der Waals surface area contributed by atoms with Gasteiger partial charge in [0.1, 0.15) is 12.9 Å². The molecule has 224 valence electrons. The second-order valence-electron chi connectivity index (χ2n) is 11.5. The number of methoxy groups -OCH3 is 2. The Balaban J connectivity index is 2.34. The van der Waals surface area contributed by atoms with Gasteiger partial charge in [-0.05, 0) is 6.42 Å². The molecular weight excluding hydrogens is 496 g/mol. The second kappa shape index (κ2) is 14.8. The summed E-state index contributed by atoms with van der Waals surface area (Å²) in [5, 5.41) is 42.3. The van der Waals surface area contributed by atoms with Crippen molar-refractivity contribution < 1.29 is 48.8 Å². The molecule has 0 amide bonds. The summed E-state index contributed by atoms with van der Waals surface area (Å²) >= 11 is 0. The van der Waals surface area contributed by atoms with Crippen molar-refractivity contribution in [3.8, 4) is 0 Å². The number of aliphatic hydroxyl groups is 4. The molecule has 2 rings (SSSR count). The van der Waals surface area contributed by atoms with E-state index in [2.05, 4.69) is 6.58 Å². The highest BCUT2D eigenvalue weighted by Gasteiger charge is 2.67. The number of rotatable bonds is 16. The predicted octanol–water partition coefficient (Wildman–Crippen LogP) is 1.87. The van der Waals surface area contributed by atoms with Gasteiger partial charge in [-0.15, -0.1) is 6.58 Å². The van der Waals surface area contributed by atoms with E-state index < -0.39 is 59.8 Å². The molecule has 2 heterocycles. The fourth-order valence-electron chi connectivity index (χ4n) is 5.67. The van der Waals surface area contributed by atoms with Crippen LogP contribution in [0.1, 0.15) is 53.9 Å². The van der Waals surface area contributed by atoms with E-state index >= 15 is 0 Å². The van der Waals surface area contributed by atoms with Crippen molar-refractivity contribution in [1.29, 1.82) is 0 Å². The van der Waals surface area contributed by atoms with Gasteiger partial charge in [0.15, 0.2) is 5.79 Å². The lowest BCUT2D eigenvalue weighted by Crippen LogP contribution is -2.58. The van der Waals surface area contributed by atoms with Gasteiger partial charge in [0.25, 0.3) is 0 Å². The molecular formula is C28H52O10. The van der Waals surface area contributed by atoms with E-state index in [0.717, 1.165) is 0 Å². The Kier molecular flexibility index (Phi) is 13.1. The topological polar surface area (TPSA) is 136 Å². The van der Waals surface area contributed by atoms with Gasteiger partial charge in [0.2, 0.25) is 0 Å². The van der Waals surface area contributed by atoms with Gasteiger partial charge in [0, 0.05) is 56.8 Å². The molecule has 2 aliphatic heterocycles. The standard InChI is InChI=1S/C28H52O10/c1-9-17(2)24(32)19(4)20(30)14-23(34-8)25-26(36-16-35-13-12-33-7)27(5,6)28(38-25)15-21(31)18(3)22(37-28)10-11-29/h9,17-26,29-32H,1,10-16H2,2-8H3/t17-,18+,19+,20+,21-,22+,23+,24-,25-,26+,28-/m1/s1. The maximum Gasteiger partial charge on any atom is 0.179 e. The summed E-state index contributed by atoms with van der Waals surface area (Å²) in [6.45, 7) is 13.9. The number of hydrogen-bond donors (Lipinski definition) is 4.